The van der Waals surface area contributed by atoms with E-state index in [1.807, 2.05) is 12.1 Å². The van der Waals surface area contributed by atoms with Crippen molar-refractivity contribution in [1.29, 1.82) is 0 Å². The van der Waals surface area contributed by atoms with Crippen molar-refractivity contribution >= 4 is 11.0 Å². The van der Waals surface area contributed by atoms with Crippen LogP contribution in [0.15, 0.2) is 16.8 Å². The molecule has 0 radical (unpaired) electrons. The molecule has 0 amide bonds. The van der Waals surface area contributed by atoms with Crippen LogP contribution in [0, 0.1) is 0 Å². The molecule has 0 atom stereocenters. The van der Waals surface area contributed by atoms with Crippen LogP contribution in [0.1, 0.15) is 25.7 Å². The maximum absolute atomic E-state index is 5.90. The summed E-state index contributed by atoms with van der Waals surface area (Å²) in [6, 6.07) is 3.66. The van der Waals surface area contributed by atoms with Crippen LogP contribution in [0.3, 0.4) is 0 Å². The molecule has 1 spiro atoms. The highest BCUT2D eigenvalue weighted by Crippen LogP contribution is 2.47. The Bertz CT molecular complexity index is 515. The molecular formula is C11H10N2O3. The Labute approximate surface area is 91.3 Å². The summed E-state index contributed by atoms with van der Waals surface area (Å²) in [5.41, 5.74) is 1.41. The van der Waals surface area contributed by atoms with Gasteiger partial charge in [-0.05, 0) is 23.2 Å². The molecule has 1 aliphatic carbocycles. The van der Waals surface area contributed by atoms with Gasteiger partial charge in [-0.15, -0.1) is 0 Å². The highest BCUT2D eigenvalue weighted by Gasteiger charge is 2.44. The molecule has 1 saturated carbocycles. The van der Waals surface area contributed by atoms with E-state index in [9.17, 15) is 0 Å². The molecule has 2 aromatic rings. The Balaban J connectivity index is 1.83. The zero-order valence-corrected chi connectivity index (χ0v) is 8.60. The predicted octanol–water partition coefficient (Wildman–Crippen LogP) is 2.26. The van der Waals surface area contributed by atoms with Gasteiger partial charge in [-0.3, -0.25) is 0 Å². The van der Waals surface area contributed by atoms with E-state index in [1.54, 1.807) is 0 Å². The summed E-state index contributed by atoms with van der Waals surface area (Å²) in [6.45, 7) is 0. The van der Waals surface area contributed by atoms with Gasteiger partial charge in [0.15, 0.2) is 11.5 Å². The Hall–Kier alpha value is -1.78. The molecule has 0 bridgehead atoms. The fourth-order valence-corrected chi connectivity index (χ4v) is 2.49. The van der Waals surface area contributed by atoms with Gasteiger partial charge in [-0.2, -0.15) is 0 Å². The Morgan fingerprint density at radius 2 is 1.50 bits per heavy atom. The minimum absolute atomic E-state index is 0.418. The molecular weight excluding hydrogens is 208 g/mol. The maximum Gasteiger partial charge on any atom is 0.251 e. The van der Waals surface area contributed by atoms with Crippen LogP contribution in [0.4, 0.5) is 0 Å². The summed E-state index contributed by atoms with van der Waals surface area (Å²) in [5.74, 6) is 1.09. The summed E-state index contributed by atoms with van der Waals surface area (Å²) in [6.07, 6.45) is 4.23. The van der Waals surface area contributed by atoms with E-state index in [2.05, 4.69) is 14.9 Å². The lowest BCUT2D eigenvalue weighted by Gasteiger charge is -2.21. The summed E-state index contributed by atoms with van der Waals surface area (Å²) in [7, 11) is 0. The lowest BCUT2D eigenvalue weighted by molar-refractivity contribution is -0.0716. The number of aromatic nitrogens is 2. The van der Waals surface area contributed by atoms with E-state index in [1.165, 1.54) is 0 Å². The third-order valence-corrected chi connectivity index (χ3v) is 3.28. The van der Waals surface area contributed by atoms with Crippen LogP contribution < -0.4 is 9.47 Å². The molecule has 16 heavy (non-hydrogen) atoms. The Morgan fingerprint density at radius 3 is 2.06 bits per heavy atom. The molecule has 5 heteroatoms. The monoisotopic (exact) mass is 218 g/mol. The molecule has 2 heterocycles. The minimum Gasteiger partial charge on any atom is -0.448 e. The molecule has 0 N–H and O–H groups in total. The molecule has 5 nitrogen and oxygen atoms in total. The second kappa shape index (κ2) is 2.66. The molecule has 0 unspecified atom stereocenters. The number of nitrogens with zero attached hydrogens (tertiary/aromatic N) is 2. The van der Waals surface area contributed by atoms with E-state index in [0.29, 0.717) is 11.0 Å². The van der Waals surface area contributed by atoms with Crippen LogP contribution in [-0.2, 0) is 0 Å². The summed E-state index contributed by atoms with van der Waals surface area (Å²) in [4.78, 5) is 0. The number of ether oxygens (including phenoxy) is 2. The second-order valence-electron chi connectivity index (χ2n) is 4.37. The Kier molecular flexibility index (Phi) is 1.40. The first-order valence-electron chi connectivity index (χ1n) is 5.49. The number of fused-ring (bicyclic) bond motifs is 2. The average molecular weight is 218 g/mol. The third-order valence-electron chi connectivity index (χ3n) is 3.28. The van der Waals surface area contributed by atoms with Crippen molar-refractivity contribution in [3.8, 4) is 11.5 Å². The number of rotatable bonds is 0. The quantitative estimate of drug-likeness (QED) is 0.678. The zero-order valence-electron chi connectivity index (χ0n) is 8.60. The number of hydrogen-bond donors (Lipinski definition) is 0. The molecule has 1 aromatic heterocycles. The molecule has 1 aromatic carbocycles. The SMILES string of the molecule is c1c2c(cc3nonc13)OC1(CCCC1)O2. The lowest BCUT2D eigenvalue weighted by atomic mass is 10.2. The molecule has 2 aliphatic rings. The highest BCUT2D eigenvalue weighted by atomic mass is 16.7. The minimum atomic E-state index is -0.418. The van der Waals surface area contributed by atoms with Crippen molar-refractivity contribution < 1.29 is 14.1 Å². The van der Waals surface area contributed by atoms with E-state index in [4.69, 9.17) is 9.47 Å². The van der Waals surface area contributed by atoms with Crippen molar-refractivity contribution in [2.24, 2.45) is 0 Å². The van der Waals surface area contributed by atoms with Crippen molar-refractivity contribution in [3.05, 3.63) is 12.1 Å². The van der Waals surface area contributed by atoms with Gasteiger partial charge in [-0.25, -0.2) is 4.63 Å². The highest BCUT2D eigenvalue weighted by molar-refractivity contribution is 5.78. The number of hydrogen-bond acceptors (Lipinski definition) is 5. The van der Waals surface area contributed by atoms with Crippen molar-refractivity contribution in [2.45, 2.75) is 31.5 Å². The largest absolute Gasteiger partial charge is 0.448 e. The molecule has 1 aliphatic heterocycles. The standard InChI is InChI=1S/C11H10N2O3/c1-2-4-11(3-1)14-9-5-7-8(13-16-12-7)6-10(9)15-11/h5-6H,1-4H2. The molecule has 82 valence electrons. The van der Waals surface area contributed by atoms with Gasteiger partial charge in [0.1, 0.15) is 11.0 Å². The van der Waals surface area contributed by atoms with Crippen LogP contribution >= 0.6 is 0 Å². The number of benzene rings is 1. The fourth-order valence-electron chi connectivity index (χ4n) is 2.49. The van der Waals surface area contributed by atoms with Gasteiger partial charge in [0.25, 0.3) is 5.79 Å². The normalized spacial score (nSPS) is 21.0. The zero-order chi connectivity index (χ0) is 10.6. The maximum atomic E-state index is 5.90. The van der Waals surface area contributed by atoms with Crippen LogP contribution in [0.5, 0.6) is 11.5 Å². The molecule has 4 rings (SSSR count). The first-order valence-corrected chi connectivity index (χ1v) is 5.49. The summed E-state index contributed by atoms with van der Waals surface area (Å²) in [5, 5.41) is 7.58. The van der Waals surface area contributed by atoms with Gasteiger partial charge in [0.05, 0.1) is 0 Å². The summed E-state index contributed by atoms with van der Waals surface area (Å²) >= 11 is 0. The van der Waals surface area contributed by atoms with Crippen molar-refractivity contribution in [3.63, 3.8) is 0 Å². The molecule has 1 fully saturated rings. The van der Waals surface area contributed by atoms with E-state index in [0.717, 1.165) is 37.2 Å². The third kappa shape index (κ3) is 1.00. The van der Waals surface area contributed by atoms with Gasteiger partial charge >= 0.3 is 0 Å². The Morgan fingerprint density at radius 1 is 0.938 bits per heavy atom. The van der Waals surface area contributed by atoms with E-state index in [-0.39, 0.29) is 0 Å². The summed E-state index contributed by atoms with van der Waals surface area (Å²) < 4.78 is 16.5. The van der Waals surface area contributed by atoms with Crippen molar-refractivity contribution in [1.82, 2.24) is 10.3 Å². The fraction of sp³-hybridized carbons (Fsp3) is 0.455. The lowest BCUT2D eigenvalue weighted by Crippen LogP contribution is -2.34. The topological polar surface area (TPSA) is 57.4 Å². The van der Waals surface area contributed by atoms with E-state index < -0.39 is 5.79 Å². The second-order valence-corrected chi connectivity index (χ2v) is 4.37. The van der Waals surface area contributed by atoms with Crippen LogP contribution in [0.25, 0.3) is 11.0 Å². The van der Waals surface area contributed by atoms with Gasteiger partial charge in [0.2, 0.25) is 0 Å². The van der Waals surface area contributed by atoms with Crippen LogP contribution in [-0.4, -0.2) is 16.1 Å². The van der Waals surface area contributed by atoms with Gasteiger partial charge in [-0.1, -0.05) is 0 Å². The van der Waals surface area contributed by atoms with E-state index >= 15 is 0 Å². The van der Waals surface area contributed by atoms with Gasteiger partial charge < -0.3 is 9.47 Å². The average Bonchev–Trinajstić information content (AvgIpc) is 2.94. The van der Waals surface area contributed by atoms with Crippen LogP contribution in [0.2, 0.25) is 0 Å². The van der Waals surface area contributed by atoms with Gasteiger partial charge in [0, 0.05) is 25.0 Å². The smallest absolute Gasteiger partial charge is 0.251 e. The first-order chi connectivity index (χ1) is 7.85. The predicted molar refractivity (Wildman–Crippen MR) is 54.3 cm³/mol. The first kappa shape index (κ1) is 8.38. The molecule has 0 saturated heterocycles. The van der Waals surface area contributed by atoms with Crippen molar-refractivity contribution in [2.75, 3.05) is 0 Å².